The molecule has 0 radical (unpaired) electrons. The molecule has 1 aliphatic rings. The lowest BCUT2D eigenvalue weighted by atomic mass is 9.89. The van der Waals surface area contributed by atoms with Crippen LogP contribution in [0.3, 0.4) is 0 Å². The summed E-state index contributed by atoms with van der Waals surface area (Å²) in [7, 11) is 0. The number of carbonyl (C=O) groups is 2. The number of ketones is 1. The fourth-order valence-electron chi connectivity index (χ4n) is 2.83. The average Bonchev–Trinajstić information content (AvgIpc) is 2.86. The van der Waals surface area contributed by atoms with Crippen molar-refractivity contribution in [3.8, 4) is 0 Å². The first-order valence-electron chi connectivity index (χ1n) is 6.72. The number of halogens is 3. The van der Waals surface area contributed by atoms with Crippen LogP contribution in [0.25, 0.3) is 0 Å². The maximum atomic E-state index is 12.6. The lowest BCUT2D eigenvalue weighted by Gasteiger charge is -2.15. The Bertz CT molecular complexity index is 551. The van der Waals surface area contributed by atoms with E-state index in [0.29, 0.717) is 12.8 Å². The van der Waals surface area contributed by atoms with Crippen molar-refractivity contribution >= 4 is 11.8 Å². The second kappa shape index (κ2) is 5.87. The van der Waals surface area contributed by atoms with E-state index in [9.17, 15) is 22.8 Å². The zero-order valence-corrected chi connectivity index (χ0v) is 11.2. The Morgan fingerprint density at radius 3 is 2.57 bits per heavy atom. The van der Waals surface area contributed by atoms with Gasteiger partial charge in [-0.05, 0) is 30.9 Å². The molecule has 114 valence electrons. The Labute approximate surface area is 119 Å². The standard InChI is InChI=1S/C15H15F3O3/c16-15(17,18)11-5-1-4-10(7-11)13(19)8-9-3-2-6-12(9)14(20)21/h1,4-5,7,9,12H,2-3,6,8H2,(H,20,21)/t9-,12+/m1/s1. The van der Waals surface area contributed by atoms with Gasteiger partial charge in [-0.25, -0.2) is 0 Å². The second-order valence-electron chi connectivity index (χ2n) is 5.34. The van der Waals surface area contributed by atoms with E-state index in [1.54, 1.807) is 0 Å². The zero-order chi connectivity index (χ0) is 15.6. The Morgan fingerprint density at radius 2 is 1.95 bits per heavy atom. The summed E-state index contributed by atoms with van der Waals surface area (Å²) in [6.45, 7) is 0. The van der Waals surface area contributed by atoms with Crippen molar-refractivity contribution in [1.29, 1.82) is 0 Å². The predicted molar refractivity (Wildman–Crippen MR) is 68.9 cm³/mol. The van der Waals surface area contributed by atoms with Crippen LogP contribution in [0.1, 0.15) is 41.6 Å². The summed E-state index contributed by atoms with van der Waals surface area (Å²) in [5.41, 5.74) is -0.879. The summed E-state index contributed by atoms with van der Waals surface area (Å²) < 4.78 is 37.8. The molecule has 2 atom stereocenters. The van der Waals surface area contributed by atoms with Crippen LogP contribution in [0.4, 0.5) is 13.2 Å². The van der Waals surface area contributed by atoms with Crippen LogP contribution in [-0.4, -0.2) is 16.9 Å². The molecule has 0 bridgehead atoms. The molecule has 0 amide bonds. The number of carboxylic acids is 1. The molecular weight excluding hydrogens is 285 g/mol. The molecule has 1 N–H and O–H groups in total. The number of aliphatic carboxylic acids is 1. The van der Waals surface area contributed by atoms with Crippen molar-refractivity contribution in [1.82, 2.24) is 0 Å². The molecule has 0 saturated heterocycles. The van der Waals surface area contributed by atoms with Crippen molar-refractivity contribution in [2.75, 3.05) is 0 Å². The van der Waals surface area contributed by atoms with Gasteiger partial charge in [0.1, 0.15) is 0 Å². The van der Waals surface area contributed by atoms with E-state index < -0.39 is 29.4 Å². The van der Waals surface area contributed by atoms with E-state index in [1.165, 1.54) is 12.1 Å². The normalized spacial score (nSPS) is 22.2. The Kier molecular flexibility index (Phi) is 4.34. The van der Waals surface area contributed by atoms with Gasteiger partial charge in [-0.15, -0.1) is 0 Å². The number of rotatable bonds is 4. The minimum Gasteiger partial charge on any atom is -0.481 e. The fraction of sp³-hybridized carbons (Fsp3) is 0.467. The molecule has 1 aliphatic carbocycles. The van der Waals surface area contributed by atoms with Gasteiger partial charge in [0.15, 0.2) is 5.78 Å². The van der Waals surface area contributed by atoms with E-state index in [0.717, 1.165) is 18.6 Å². The van der Waals surface area contributed by atoms with Gasteiger partial charge in [-0.1, -0.05) is 18.6 Å². The van der Waals surface area contributed by atoms with Crippen LogP contribution in [0.15, 0.2) is 24.3 Å². The van der Waals surface area contributed by atoms with Crippen LogP contribution in [0.5, 0.6) is 0 Å². The van der Waals surface area contributed by atoms with Crippen molar-refractivity contribution < 1.29 is 27.9 Å². The zero-order valence-electron chi connectivity index (χ0n) is 11.2. The molecule has 21 heavy (non-hydrogen) atoms. The van der Waals surface area contributed by atoms with Crippen molar-refractivity contribution in [2.24, 2.45) is 11.8 Å². The van der Waals surface area contributed by atoms with E-state index >= 15 is 0 Å². The van der Waals surface area contributed by atoms with Gasteiger partial charge in [-0.3, -0.25) is 9.59 Å². The lowest BCUT2D eigenvalue weighted by molar-refractivity contribution is -0.143. The van der Waals surface area contributed by atoms with Crippen LogP contribution < -0.4 is 0 Å². The van der Waals surface area contributed by atoms with Crippen LogP contribution in [0.2, 0.25) is 0 Å². The van der Waals surface area contributed by atoms with Gasteiger partial charge in [-0.2, -0.15) is 13.2 Å². The second-order valence-corrected chi connectivity index (χ2v) is 5.34. The number of carboxylic acid groups (broad SMARTS) is 1. The van der Waals surface area contributed by atoms with Crippen molar-refractivity contribution in [3.05, 3.63) is 35.4 Å². The summed E-state index contributed by atoms with van der Waals surface area (Å²) in [5, 5.41) is 9.06. The molecule has 1 aromatic rings. The first-order chi connectivity index (χ1) is 9.79. The Balaban J connectivity index is 2.12. The van der Waals surface area contributed by atoms with Gasteiger partial charge in [0.25, 0.3) is 0 Å². The number of benzene rings is 1. The maximum absolute atomic E-state index is 12.6. The van der Waals surface area contributed by atoms with Gasteiger partial charge in [0.2, 0.25) is 0 Å². The minimum absolute atomic E-state index is 0.0131. The first kappa shape index (κ1) is 15.5. The Morgan fingerprint density at radius 1 is 1.24 bits per heavy atom. The number of carbonyl (C=O) groups excluding carboxylic acids is 1. The van der Waals surface area contributed by atoms with Crippen molar-refractivity contribution in [2.45, 2.75) is 31.9 Å². The smallest absolute Gasteiger partial charge is 0.416 e. The molecule has 0 aliphatic heterocycles. The first-order valence-corrected chi connectivity index (χ1v) is 6.72. The van der Waals surface area contributed by atoms with E-state index in [2.05, 4.69) is 0 Å². The molecule has 0 heterocycles. The third kappa shape index (κ3) is 3.62. The molecule has 1 aromatic carbocycles. The molecule has 1 saturated carbocycles. The molecule has 1 fully saturated rings. The summed E-state index contributed by atoms with van der Waals surface area (Å²) in [6.07, 6.45) is -2.62. The predicted octanol–water partition coefficient (Wildman–Crippen LogP) is 3.78. The highest BCUT2D eigenvalue weighted by atomic mass is 19.4. The van der Waals surface area contributed by atoms with Crippen LogP contribution >= 0.6 is 0 Å². The van der Waals surface area contributed by atoms with Gasteiger partial charge in [0.05, 0.1) is 11.5 Å². The fourth-order valence-corrected chi connectivity index (χ4v) is 2.83. The Hall–Kier alpha value is -1.85. The summed E-state index contributed by atoms with van der Waals surface area (Å²) in [4.78, 5) is 23.1. The van der Waals surface area contributed by atoms with Gasteiger partial charge in [0, 0.05) is 12.0 Å². The van der Waals surface area contributed by atoms with Crippen molar-refractivity contribution in [3.63, 3.8) is 0 Å². The van der Waals surface area contributed by atoms with Gasteiger partial charge < -0.3 is 5.11 Å². The minimum atomic E-state index is -4.49. The largest absolute Gasteiger partial charge is 0.481 e. The average molecular weight is 300 g/mol. The molecule has 0 unspecified atom stereocenters. The third-order valence-electron chi connectivity index (χ3n) is 3.94. The summed E-state index contributed by atoms with van der Waals surface area (Å²) in [6, 6.07) is 4.27. The SMILES string of the molecule is O=C(C[C@H]1CCC[C@@H]1C(=O)O)c1cccc(C(F)(F)F)c1. The summed E-state index contributed by atoms with van der Waals surface area (Å²) >= 11 is 0. The lowest BCUT2D eigenvalue weighted by Crippen LogP contribution is -2.21. The molecule has 0 spiro atoms. The van der Waals surface area contributed by atoms with E-state index in [1.807, 2.05) is 0 Å². The van der Waals surface area contributed by atoms with Crippen LogP contribution in [0, 0.1) is 11.8 Å². The molecule has 0 aromatic heterocycles. The number of hydrogen-bond donors (Lipinski definition) is 1. The molecular formula is C15H15F3O3. The topological polar surface area (TPSA) is 54.4 Å². The quantitative estimate of drug-likeness (QED) is 0.861. The van der Waals surface area contributed by atoms with E-state index in [-0.39, 0.29) is 17.9 Å². The number of hydrogen-bond acceptors (Lipinski definition) is 2. The van der Waals surface area contributed by atoms with Gasteiger partial charge >= 0.3 is 12.1 Å². The molecule has 3 nitrogen and oxygen atoms in total. The highest BCUT2D eigenvalue weighted by Crippen LogP contribution is 2.35. The van der Waals surface area contributed by atoms with E-state index in [4.69, 9.17) is 5.11 Å². The monoisotopic (exact) mass is 300 g/mol. The molecule has 2 rings (SSSR count). The summed E-state index contributed by atoms with van der Waals surface area (Å²) in [5.74, 6) is -2.22. The highest BCUT2D eigenvalue weighted by molar-refractivity contribution is 5.96. The van der Waals surface area contributed by atoms with Crippen LogP contribution in [-0.2, 0) is 11.0 Å². The maximum Gasteiger partial charge on any atom is 0.416 e. The third-order valence-corrected chi connectivity index (χ3v) is 3.94. The number of alkyl halides is 3. The molecule has 6 heteroatoms. The number of Topliss-reactive ketones (excluding diaryl/α,β-unsaturated/α-hetero) is 1. The highest BCUT2D eigenvalue weighted by Gasteiger charge is 2.35.